The highest BCUT2D eigenvalue weighted by Crippen LogP contribution is 2.25. The molecule has 0 aromatic carbocycles. The molecule has 0 bridgehead atoms. The highest BCUT2D eigenvalue weighted by atomic mass is 16.6. The molecule has 26 heavy (non-hydrogen) atoms. The number of hydrogen-bond acceptors (Lipinski definition) is 5. The van der Waals surface area contributed by atoms with Gasteiger partial charge in [-0.05, 0) is 38.6 Å². The summed E-state index contributed by atoms with van der Waals surface area (Å²) >= 11 is 0. The van der Waals surface area contributed by atoms with E-state index in [2.05, 4.69) is 4.90 Å². The summed E-state index contributed by atoms with van der Waals surface area (Å²) in [7, 11) is 0. The Kier molecular flexibility index (Phi) is 7.14. The first kappa shape index (κ1) is 19.4. The first-order valence-corrected chi connectivity index (χ1v) is 10.2. The van der Waals surface area contributed by atoms with E-state index in [9.17, 15) is 9.59 Å². The third kappa shape index (κ3) is 4.88. The predicted octanol–water partition coefficient (Wildman–Crippen LogP) is 1.57. The Labute approximate surface area is 156 Å². The van der Waals surface area contributed by atoms with Crippen LogP contribution in [-0.4, -0.2) is 91.8 Å². The largest absolute Gasteiger partial charge is 0.449 e. The normalized spacial score (nSPS) is 26.0. The molecule has 3 saturated heterocycles. The quantitative estimate of drug-likeness (QED) is 0.755. The summed E-state index contributed by atoms with van der Waals surface area (Å²) < 4.78 is 10.6. The zero-order valence-corrected chi connectivity index (χ0v) is 16.0. The van der Waals surface area contributed by atoms with Crippen LogP contribution in [0.5, 0.6) is 0 Å². The fraction of sp³-hybridized carbons (Fsp3) is 0.895. The molecule has 0 aromatic heterocycles. The van der Waals surface area contributed by atoms with E-state index in [0.717, 1.165) is 71.4 Å². The van der Waals surface area contributed by atoms with Crippen LogP contribution in [0.2, 0.25) is 0 Å². The van der Waals surface area contributed by atoms with E-state index in [4.69, 9.17) is 9.47 Å². The summed E-state index contributed by atoms with van der Waals surface area (Å²) in [6.45, 7) is 8.72. The molecular formula is C19H33N3O4. The van der Waals surface area contributed by atoms with E-state index in [0.29, 0.717) is 31.8 Å². The van der Waals surface area contributed by atoms with Gasteiger partial charge in [0, 0.05) is 38.8 Å². The van der Waals surface area contributed by atoms with Crippen molar-refractivity contribution in [3.8, 4) is 0 Å². The monoisotopic (exact) mass is 367 g/mol. The molecule has 148 valence electrons. The Bertz CT molecular complexity index is 473. The van der Waals surface area contributed by atoms with Crippen LogP contribution in [0.1, 0.15) is 39.0 Å². The molecule has 7 heteroatoms. The van der Waals surface area contributed by atoms with Crippen LogP contribution in [0, 0.1) is 5.92 Å². The smallest absolute Gasteiger partial charge is 0.409 e. The second-order valence-electron chi connectivity index (χ2n) is 7.60. The van der Waals surface area contributed by atoms with Gasteiger partial charge in [-0.15, -0.1) is 0 Å². The van der Waals surface area contributed by atoms with Crippen molar-refractivity contribution in [1.82, 2.24) is 14.7 Å². The van der Waals surface area contributed by atoms with Gasteiger partial charge < -0.3 is 19.3 Å². The first-order chi connectivity index (χ1) is 12.7. The maximum atomic E-state index is 12.8. The lowest BCUT2D eigenvalue weighted by Crippen LogP contribution is -2.53. The topological polar surface area (TPSA) is 62.3 Å². The molecule has 0 radical (unpaired) electrons. The second-order valence-corrected chi connectivity index (χ2v) is 7.60. The Balaban J connectivity index is 1.46. The number of rotatable bonds is 4. The number of nitrogens with zero attached hydrogens (tertiary/aromatic N) is 3. The number of piperidine rings is 2. The summed E-state index contributed by atoms with van der Waals surface area (Å²) in [6, 6.07) is 0.477. The zero-order valence-electron chi connectivity index (χ0n) is 16.0. The van der Waals surface area contributed by atoms with Gasteiger partial charge in [-0.2, -0.15) is 0 Å². The van der Waals surface area contributed by atoms with Crippen LogP contribution in [0.25, 0.3) is 0 Å². The van der Waals surface area contributed by atoms with Gasteiger partial charge in [0.25, 0.3) is 0 Å². The second kappa shape index (κ2) is 9.55. The number of morpholine rings is 1. The SMILES string of the molecule is CCCOC(=O)N1CCC(N2CCCC(C(=O)N3CCOCC3)C2)CC1. The van der Waals surface area contributed by atoms with E-state index in [1.54, 1.807) is 0 Å². The molecule has 0 saturated carbocycles. The molecule has 3 fully saturated rings. The summed E-state index contributed by atoms with van der Waals surface area (Å²) in [5.41, 5.74) is 0. The molecule has 3 heterocycles. The summed E-state index contributed by atoms with van der Waals surface area (Å²) in [4.78, 5) is 31.1. The minimum Gasteiger partial charge on any atom is -0.449 e. The number of carbonyl (C=O) groups is 2. The zero-order chi connectivity index (χ0) is 18.4. The molecule has 1 unspecified atom stereocenters. The van der Waals surface area contributed by atoms with Crippen molar-refractivity contribution < 1.29 is 19.1 Å². The lowest BCUT2D eigenvalue weighted by atomic mass is 9.93. The van der Waals surface area contributed by atoms with Crippen molar-refractivity contribution in [1.29, 1.82) is 0 Å². The van der Waals surface area contributed by atoms with Crippen molar-refractivity contribution in [2.24, 2.45) is 5.92 Å². The van der Waals surface area contributed by atoms with Gasteiger partial charge in [-0.3, -0.25) is 9.69 Å². The van der Waals surface area contributed by atoms with E-state index in [1.165, 1.54) is 0 Å². The fourth-order valence-corrected chi connectivity index (χ4v) is 4.28. The standard InChI is InChI=1S/C19H33N3O4/c1-2-12-26-19(24)21-8-5-17(6-9-21)22-7-3-4-16(15-22)18(23)20-10-13-25-14-11-20/h16-17H,2-15H2,1H3. The molecule has 0 spiro atoms. The molecule has 3 aliphatic rings. The Morgan fingerprint density at radius 1 is 1.00 bits per heavy atom. The number of hydrogen-bond donors (Lipinski definition) is 0. The van der Waals surface area contributed by atoms with Crippen LogP contribution in [0.15, 0.2) is 0 Å². The van der Waals surface area contributed by atoms with Crippen LogP contribution in [0.4, 0.5) is 4.79 Å². The van der Waals surface area contributed by atoms with Gasteiger partial charge >= 0.3 is 6.09 Å². The summed E-state index contributed by atoms with van der Waals surface area (Å²) in [5.74, 6) is 0.424. The van der Waals surface area contributed by atoms with Crippen molar-refractivity contribution in [2.45, 2.75) is 45.1 Å². The highest BCUT2D eigenvalue weighted by molar-refractivity contribution is 5.79. The first-order valence-electron chi connectivity index (χ1n) is 10.2. The van der Waals surface area contributed by atoms with Gasteiger partial charge in [0.05, 0.1) is 25.7 Å². The van der Waals surface area contributed by atoms with Gasteiger partial charge in [0.1, 0.15) is 0 Å². The number of amides is 2. The maximum absolute atomic E-state index is 12.8. The van der Waals surface area contributed by atoms with Crippen LogP contribution in [-0.2, 0) is 14.3 Å². The lowest BCUT2D eigenvalue weighted by Gasteiger charge is -2.42. The Morgan fingerprint density at radius 3 is 2.42 bits per heavy atom. The Morgan fingerprint density at radius 2 is 1.73 bits per heavy atom. The van der Waals surface area contributed by atoms with Crippen molar-refractivity contribution in [3.63, 3.8) is 0 Å². The molecule has 2 amide bonds. The Hall–Kier alpha value is -1.34. The lowest BCUT2D eigenvalue weighted by molar-refractivity contribution is -0.141. The highest BCUT2D eigenvalue weighted by Gasteiger charge is 2.34. The minimum absolute atomic E-state index is 0.120. The van der Waals surface area contributed by atoms with Crippen molar-refractivity contribution >= 4 is 12.0 Å². The van der Waals surface area contributed by atoms with Crippen LogP contribution < -0.4 is 0 Å². The molecule has 3 aliphatic heterocycles. The number of likely N-dealkylation sites (tertiary alicyclic amines) is 2. The van der Waals surface area contributed by atoms with Crippen molar-refractivity contribution in [3.05, 3.63) is 0 Å². The van der Waals surface area contributed by atoms with Crippen LogP contribution >= 0.6 is 0 Å². The van der Waals surface area contributed by atoms with E-state index < -0.39 is 0 Å². The van der Waals surface area contributed by atoms with Gasteiger partial charge in [0.2, 0.25) is 5.91 Å². The molecule has 7 nitrogen and oxygen atoms in total. The third-order valence-corrected chi connectivity index (χ3v) is 5.79. The molecule has 0 aromatic rings. The van der Waals surface area contributed by atoms with Gasteiger partial charge in [-0.1, -0.05) is 6.92 Å². The van der Waals surface area contributed by atoms with Crippen LogP contribution in [0.3, 0.4) is 0 Å². The van der Waals surface area contributed by atoms with E-state index in [1.807, 2.05) is 16.7 Å². The third-order valence-electron chi connectivity index (χ3n) is 5.79. The molecule has 0 aliphatic carbocycles. The fourth-order valence-electron chi connectivity index (χ4n) is 4.28. The molecule has 0 N–H and O–H groups in total. The minimum atomic E-state index is -0.177. The predicted molar refractivity (Wildman–Crippen MR) is 97.9 cm³/mol. The summed E-state index contributed by atoms with van der Waals surface area (Å²) in [6.07, 6.45) is 4.70. The number of ether oxygens (including phenoxy) is 2. The molecular weight excluding hydrogens is 334 g/mol. The van der Waals surface area contributed by atoms with E-state index in [-0.39, 0.29) is 12.0 Å². The van der Waals surface area contributed by atoms with Gasteiger partial charge in [-0.25, -0.2) is 4.79 Å². The number of carbonyl (C=O) groups excluding carboxylic acids is 2. The van der Waals surface area contributed by atoms with Gasteiger partial charge in [0.15, 0.2) is 0 Å². The molecule has 1 atom stereocenters. The average Bonchev–Trinajstić information content (AvgIpc) is 2.72. The van der Waals surface area contributed by atoms with E-state index >= 15 is 0 Å². The maximum Gasteiger partial charge on any atom is 0.409 e. The average molecular weight is 367 g/mol. The summed E-state index contributed by atoms with van der Waals surface area (Å²) in [5, 5.41) is 0. The van der Waals surface area contributed by atoms with Crippen molar-refractivity contribution in [2.75, 3.05) is 59.1 Å². The molecule has 3 rings (SSSR count).